The second-order valence-electron chi connectivity index (χ2n) is 7.06. The molecule has 1 aliphatic rings. The molecule has 1 aliphatic heterocycles. The molecule has 2 N–H and O–H groups in total. The molecular weight excluding hydrogens is 419 g/mol. The van der Waals surface area contributed by atoms with Crippen LogP contribution >= 0.6 is 11.6 Å². The van der Waals surface area contributed by atoms with E-state index in [4.69, 9.17) is 11.6 Å². The van der Waals surface area contributed by atoms with Crippen LogP contribution in [-0.2, 0) is 10.0 Å². The maximum absolute atomic E-state index is 14.2. The molecule has 0 aromatic carbocycles. The van der Waals surface area contributed by atoms with Crippen molar-refractivity contribution < 1.29 is 12.8 Å². The molecule has 4 rings (SSSR count). The molecule has 3 aromatic rings. The first-order chi connectivity index (χ1) is 13.8. The number of hydrogen-bond acceptors (Lipinski definition) is 6. The van der Waals surface area contributed by atoms with Crippen molar-refractivity contribution in [2.45, 2.75) is 25.3 Å². The average Bonchev–Trinajstić information content (AvgIpc) is 3.08. The molecule has 0 radical (unpaired) electrons. The zero-order chi connectivity index (χ0) is 20.6. The fraction of sp³-hybridized carbons (Fsp3) is 0.389. The van der Waals surface area contributed by atoms with Gasteiger partial charge in [-0.3, -0.25) is 0 Å². The number of H-pyrrole nitrogens is 1. The topological polar surface area (TPSA) is 104 Å². The van der Waals surface area contributed by atoms with Gasteiger partial charge in [0.1, 0.15) is 11.5 Å². The number of piperidine rings is 1. The standard InChI is InChI=1S/C18H20ClFN6O2S/c1-29(27,28)26-5-3-2-4-12(26)9-21-16-7-15(20)24-18(25-16)14-10-23-17-13(14)6-11(19)8-22-17/h6-8,10,12H,2-5,9H2,1H3,(H,22,23)(H,21,24,25)/t12-/m0/s1. The minimum atomic E-state index is -3.30. The lowest BCUT2D eigenvalue weighted by Gasteiger charge is -2.33. The summed E-state index contributed by atoms with van der Waals surface area (Å²) in [6, 6.07) is 2.71. The second kappa shape index (κ2) is 7.85. The Morgan fingerprint density at radius 1 is 1.34 bits per heavy atom. The van der Waals surface area contributed by atoms with Crippen LogP contribution in [0.3, 0.4) is 0 Å². The summed E-state index contributed by atoms with van der Waals surface area (Å²) in [5.41, 5.74) is 1.17. The number of hydrogen-bond donors (Lipinski definition) is 2. The molecule has 8 nitrogen and oxygen atoms in total. The van der Waals surface area contributed by atoms with E-state index in [0.29, 0.717) is 34.7 Å². The maximum atomic E-state index is 14.2. The Balaban J connectivity index is 1.59. The molecule has 3 aromatic heterocycles. The number of nitrogens with zero attached hydrogens (tertiary/aromatic N) is 4. The van der Waals surface area contributed by atoms with E-state index < -0.39 is 16.0 Å². The molecule has 29 heavy (non-hydrogen) atoms. The number of rotatable bonds is 5. The highest BCUT2D eigenvalue weighted by atomic mass is 35.5. The van der Waals surface area contributed by atoms with Gasteiger partial charge in [0.2, 0.25) is 16.0 Å². The van der Waals surface area contributed by atoms with Gasteiger partial charge in [0.25, 0.3) is 0 Å². The van der Waals surface area contributed by atoms with E-state index >= 15 is 0 Å². The number of sulfonamides is 1. The van der Waals surface area contributed by atoms with E-state index in [1.807, 2.05) is 0 Å². The van der Waals surface area contributed by atoms with Gasteiger partial charge >= 0.3 is 0 Å². The number of nitrogens with one attached hydrogen (secondary N) is 2. The molecule has 0 unspecified atom stereocenters. The van der Waals surface area contributed by atoms with Crippen molar-refractivity contribution in [1.29, 1.82) is 0 Å². The zero-order valence-electron chi connectivity index (χ0n) is 15.7. The number of aromatic nitrogens is 4. The Morgan fingerprint density at radius 2 is 2.17 bits per heavy atom. The largest absolute Gasteiger partial charge is 0.368 e. The number of aromatic amines is 1. The smallest absolute Gasteiger partial charge is 0.218 e. The van der Waals surface area contributed by atoms with Crippen molar-refractivity contribution in [3.8, 4) is 11.4 Å². The Morgan fingerprint density at radius 3 is 2.97 bits per heavy atom. The molecule has 0 amide bonds. The summed E-state index contributed by atoms with van der Waals surface area (Å²) in [6.07, 6.45) is 6.91. The molecule has 4 heterocycles. The summed E-state index contributed by atoms with van der Waals surface area (Å²) < 4.78 is 39.7. The third-order valence-electron chi connectivity index (χ3n) is 4.95. The molecule has 0 saturated carbocycles. The first-order valence-corrected chi connectivity index (χ1v) is 11.4. The SMILES string of the molecule is CS(=O)(=O)N1CCCC[C@H]1CNc1cc(F)nc(-c2c[nH]c3ncc(Cl)cc23)n1. The van der Waals surface area contributed by atoms with Gasteiger partial charge in [0.15, 0.2) is 5.82 Å². The van der Waals surface area contributed by atoms with Crippen LogP contribution in [0.5, 0.6) is 0 Å². The van der Waals surface area contributed by atoms with Crippen LogP contribution in [0.4, 0.5) is 10.2 Å². The van der Waals surface area contributed by atoms with Crippen LogP contribution in [-0.4, -0.2) is 58.0 Å². The lowest BCUT2D eigenvalue weighted by molar-refractivity contribution is 0.263. The van der Waals surface area contributed by atoms with Crippen LogP contribution in [0.25, 0.3) is 22.4 Å². The van der Waals surface area contributed by atoms with E-state index in [1.165, 1.54) is 22.8 Å². The lowest BCUT2D eigenvalue weighted by atomic mass is 10.1. The normalized spacial score (nSPS) is 18.2. The molecule has 1 saturated heterocycles. The predicted molar refractivity (Wildman–Crippen MR) is 110 cm³/mol. The third-order valence-corrected chi connectivity index (χ3v) is 6.49. The van der Waals surface area contributed by atoms with Gasteiger partial charge in [-0.15, -0.1) is 0 Å². The Bertz CT molecular complexity index is 1150. The molecular formula is C18H20ClFN6O2S. The molecule has 0 spiro atoms. The van der Waals surface area contributed by atoms with Crippen molar-refractivity contribution in [3.63, 3.8) is 0 Å². The minimum absolute atomic E-state index is 0.187. The number of pyridine rings is 1. The van der Waals surface area contributed by atoms with Gasteiger partial charge in [-0.05, 0) is 18.9 Å². The first-order valence-electron chi connectivity index (χ1n) is 9.19. The predicted octanol–water partition coefficient (Wildman–Crippen LogP) is 3.04. The molecule has 0 aliphatic carbocycles. The number of halogens is 2. The molecule has 1 fully saturated rings. The van der Waals surface area contributed by atoms with E-state index in [-0.39, 0.29) is 17.7 Å². The molecule has 154 valence electrons. The fourth-order valence-corrected chi connectivity index (χ4v) is 4.97. The summed E-state index contributed by atoms with van der Waals surface area (Å²) in [7, 11) is -3.30. The van der Waals surface area contributed by atoms with Crippen LogP contribution in [0, 0.1) is 5.95 Å². The van der Waals surface area contributed by atoms with Gasteiger partial charge in [0.05, 0.1) is 11.3 Å². The van der Waals surface area contributed by atoms with Gasteiger partial charge in [-0.25, -0.2) is 18.4 Å². The first kappa shape index (κ1) is 20.0. The van der Waals surface area contributed by atoms with E-state index in [1.54, 1.807) is 12.3 Å². The highest BCUT2D eigenvalue weighted by molar-refractivity contribution is 7.88. The van der Waals surface area contributed by atoms with E-state index in [2.05, 4.69) is 25.3 Å². The Labute approximate surface area is 172 Å². The maximum Gasteiger partial charge on any atom is 0.218 e. The quantitative estimate of drug-likeness (QED) is 0.593. The number of anilines is 1. The lowest BCUT2D eigenvalue weighted by Crippen LogP contribution is -2.46. The van der Waals surface area contributed by atoms with Crippen molar-refractivity contribution in [2.24, 2.45) is 0 Å². The fourth-order valence-electron chi connectivity index (χ4n) is 3.63. The summed E-state index contributed by atoms with van der Waals surface area (Å²) >= 11 is 6.03. The highest BCUT2D eigenvalue weighted by Gasteiger charge is 2.29. The second-order valence-corrected chi connectivity index (χ2v) is 9.43. The highest BCUT2D eigenvalue weighted by Crippen LogP contribution is 2.28. The van der Waals surface area contributed by atoms with Crippen molar-refractivity contribution in [1.82, 2.24) is 24.2 Å². The monoisotopic (exact) mass is 438 g/mol. The van der Waals surface area contributed by atoms with Gasteiger partial charge in [-0.1, -0.05) is 18.0 Å². The molecule has 1 atom stereocenters. The Hall–Kier alpha value is -2.30. The van der Waals surface area contributed by atoms with E-state index in [0.717, 1.165) is 19.3 Å². The average molecular weight is 439 g/mol. The Kier molecular flexibility index (Phi) is 5.41. The summed E-state index contributed by atoms with van der Waals surface area (Å²) in [6.45, 7) is 0.835. The minimum Gasteiger partial charge on any atom is -0.368 e. The van der Waals surface area contributed by atoms with Crippen LogP contribution in [0.2, 0.25) is 5.02 Å². The zero-order valence-corrected chi connectivity index (χ0v) is 17.3. The summed E-state index contributed by atoms with van der Waals surface area (Å²) in [4.78, 5) is 15.5. The van der Waals surface area contributed by atoms with Gasteiger partial charge in [-0.2, -0.15) is 13.7 Å². The molecule has 11 heteroatoms. The van der Waals surface area contributed by atoms with Crippen LogP contribution < -0.4 is 5.32 Å². The van der Waals surface area contributed by atoms with Gasteiger partial charge < -0.3 is 10.3 Å². The number of fused-ring (bicyclic) bond motifs is 1. The van der Waals surface area contributed by atoms with E-state index in [9.17, 15) is 12.8 Å². The third kappa shape index (κ3) is 4.34. The van der Waals surface area contributed by atoms with Crippen molar-refractivity contribution >= 4 is 38.5 Å². The molecule has 0 bridgehead atoms. The van der Waals surface area contributed by atoms with Gasteiger partial charge in [0, 0.05) is 48.5 Å². The summed E-state index contributed by atoms with van der Waals surface area (Å²) in [5.74, 6) is -0.215. The van der Waals surface area contributed by atoms with Crippen LogP contribution in [0.1, 0.15) is 19.3 Å². The van der Waals surface area contributed by atoms with Crippen molar-refractivity contribution in [2.75, 3.05) is 24.7 Å². The van der Waals surface area contributed by atoms with Crippen LogP contribution in [0.15, 0.2) is 24.5 Å². The van der Waals surface area contributed by atoms with Crippen molar-refractivity contribution in [3.05, 3.63) is 35.5 Å². The summed E-state index contributed by atoms with van der Waals surface area (Å²) in [5, 5.41) is 4.20.